The number of halogens is 2. The van der Waals surface area contributed by atoms with Gasteiger partial charge in [0.1, 0.15) is 10.0 Å². The van der Waals surface area contributed by atoms with Crippen LogP contribution in [0.25, 0.3) is 10.8 Å². The fourth-order valence-electron chi connectivity index (χ4n) is 2.50. The molecule has 0 atom stereocenters. The highest BCUT2D eigenvalue weighted by Gasteiger charge is 2.26. The van der Waals surface area contributed by atoms with Crippen LogP contribution in [0.15, 0.2) is 39.0 Å². The number of aromatic nitrogens is 2. The topological polar surface area (TPSA) is 85.1 Å². The lowest BCUT2D eigenvalue weighted by Crippen LogP contribution is -2.11. The van der Waals surface area contributed by atoms with Crippen molar-refractivity contribution >= 4 is 38.6 Å². The first-order chi connectivity index (χ1) is 12.4. The van der Waals surface area contributed by atoms with Crippen molar-refractivity contribution in [2.24, 2.45) is 0 Å². The molecule has 1 fully saturated rings. The predicted octanol–water partition coefficient (Wildman–Crippen LogP) is 4.66. The van der Waals surface area contributed by atoms with Crippen LogP contribution in [0.2, 0.25) is 5.02 Å². The number of thiophene rings is 1. The molecule has 1 saturated carbocycles. The minimum Gasteiger partial charge on any atom is -0.420 e. The van der Waals surface area contributed by atoms with E-state index in [0.717, 1.165) is 36.7 Å². The summed E-state index contributed by atoms with van der Waals surface area (Å²) >= 11 is 6.70. The van der Waals surface area contributed by atoms with Crippen molar-refractivity contribution in [2.75, 3.05) is 4.72 Å². The minimum atomic E-state index is -3.84. The van der Waals surface area contributed by atoms with Crippen molar-refractivity contribution in [3.05, 3.63) is 47.1 Å². The van der Waals surface area contributed by atoms with Gasteiger partial charge in [0.15, 0.2) is 0 Å². The number of nitrogens with zero attached hydrogens (tertiary/aromatic N) is 2. The van der Waals surface area contributed by atoms with Gasteiger partial charge in [-0.1, -0.05) is 18.0 Å². The largest absolute Gasteiger partial charge is 0.420 e. The summed E-state index contributed by atoms with van der Waals surface area (Å²) in [7, 11) is -3.84. The van der Waals surface area contributed by atoms with E-state index in [2.05, 4.69) is 14.9 Å². The number of hydrogen-bond acceptors (Lipinski definition) is 6. The molecule has 1 aromatic carbocycles. The van der Waals surface area contributed by atoms with E-state index < -0.39 is 15.8 Å². The summed E-state index contributed by atoms with van der Waals surface area (Å²) in [5, 5.41) is 7.90. The Morgan fingerprint density at radius 1 is 1.23 bits per heavy atom. The average Bonchev–Trinajstić information content (AvgIpc) is 3.18. The van der Waals surface area contributed by atoms with Crippen molar-refractivity contribution in [1.82, 2.24) is 10.2 Å². The van der Waals surface area contributed by atoms with Crippen molar-refractivity contribution < 1.29 is 17.2 Å². The van der Waals surface area contributed by atoms with E-state index in [0.29, 0.717) is 22.6 Å². The summed E-state index contributed by atoms with van der Waals surface area (Å²) in [6.45, 7) is 0. The molecular formula is C16H13ClFN3O3S2. The fourth-order valence-corrected chi connectivity index (χ4v) is 4.96. The number of anilines is 1. The molecule has 1 N–H and O–H groups in total. The zero-order chi connectivity index (χ0) is 18.3. The number of nitrogens with one attached hydrogen (secondary N) is 1. The second-order valence-corrected chi connectivity index (χ2v) is 9.33. The van der Waals surface area contributed by atoms with Crippen molar-refractivity contribution in [1.29, 1.82) is 0 Å². The lowest BCUT2D eigenvalue weighted by Gasteiger charge is -2.20. The minimum absolute atomic E-state index is 0.0799. The van der Waals surface area contributed by atoms with Gasteiger partial charge in [0.25, 0.3) is 15.9 Å². The lowest BCUT2D eigenvalue weighted by atomic mass is 9.85. The van der Waals surface area contributed by atoms with Gasteiger partial charge in [-0.25, -0.2) is 12.8 Å². The quantitative estimate of drug-likeness (QED) is 0.657. The third-order valence-corrected chi connectivity index (χ3v) is 7.36. The van der Waals surface area contributed by atoms with Crippen molar-refractivity contribution in [3.63, 3.8) is 0 Å². The molecule has 6 nitrogen and oxygen atoms in total. The molecule has 2 heterocycles. The van der Waals surface area contributed by atoms with Gasteiger partial charge in [-0.2, -0.15) is 0 Å². The summed E-state index contributed by atoms with van der Waals surface area (Å²) in [5.74, 6) is 0.599. The zero-order valence-corrected chi connectivity index (χ0v) is 15.7. The Bertz CT molecular complexity index is 1060. The summed E-state index contributed by atoms with van der Waals surface area (Å²) in [4.78, 5) is 0.570. The van der Waals surface area contributed by atoms with Gasteiger partial charge in [0.05, 0.1) is 15.6 Å². The van der Waals surface area contributed by atoms with E-state index in [1.165, 1.54) is 18.2 Å². The van der Waals surface area contributed by atoms with Gasteiger partial charge in [-0.15, -0.1) is 21.5 Å². The van der Waals surface area contributed by atoms with Crippen LogP contribution in [0, 0.1) is 5.82 Å². The molecule has 0 bridgehead atoms. The third kappa shape index (κ3) is 3.34. The van der Waals surface area contributed by atoms with Gasteiger partial charge in [0, 0.05) is 5.92 Å². The molecule has 10 heteroatoms. The lowest BCUT2D eigenvalue weighted by molar-refractivity contribution is 0.338. The SMILES string of the molecule is O=S(=O)(Nc1ccc(F)c(Cl)c1)c1ccc(-c2nnc(C3CCC3)o2)s1. The standard InChI is InChI=1S/C16H13ClFN3O3S2/c17-11-8-10(4-5-12(11)18)21-26(22,23)14-7-6-13(25-14)16-20-19-15(24-16)9-2-1-3-9/h4-9,21H,1-3H2. The first-order valence-electron chi connectivity index (χ1n) is 7.84. The number of hydrogen-bond donors (Lipinski definition) is 1. The molecule has 0 unspecified atom stereocenters. The van der Waals surface area contributed by atoms with E-state index in [-0.39, 0.29) is 14.9 Å². The van der Waals surface area contributed by atoms with E-state index >= 15 is 0 Å². The molecule has 26 heavy (non-hydrogen) atoms. The molecule has 0 radical (unpaired) electrons. The number of sulfonamides is 1. The molecule has 136 valence electrons. The summed E-state index contributed by atoms with van der Waals surface area (Å²) < 4.78 is 46.3. The first kappa shape index (κ1) is 17.4. The van der Waals surface area contributed by atoms with E-state index in [4.69, 9.17) is 16.0 Å². The summed E-state index contributed by atoms with van der Waals surface area (Å²) in [6, 6.07) is 6.69. The maximum absolute atomic E-state index is 13.2. The van der Waals surface area contributed by atoms with Gasteiger partial charge >= 0.3 is 0 Å². The Hall–Kier alpha value is -1.97. The Kier molecular flexibility index (Phi) is 4.45. The zero-order valence-electron chi connectivity index (χ0n) is 13.3. The van der Waals surface area contributed by atoms with Crippen LogP contribution in [-0.4, -0.2) is 18.6 Å². The van der Waals surface area contributed by atoms with E-state index in [1.54, 1.807) is 6.07 Å². The normalized spacial score (nSPS) is 15.0. The van der Waals surface area contributed by atoms with Crippen LogP contribution >= 0.6 is 22.9 Å². The van der Waals surface area contributed by atoms with Gasteiger partial charge < -0.3 is 4.42 Å². The summed E-state index contributed by atoms with van der Waals surface area (Å²) in [6.07, 6.45) is 3.23. The van der Waals surface area contributed by atoms with Gasteiger partial charge in [-0.3, -0.25) is 4.72 Å². The highest BCUT2D eigenvalue weighted by Crippen LogP contribution is 2.38. The Balaban J connectivity index is 1.56. The van der Waals surface area contributed by atoms with Gasteiger partial charge in [0.2, 0.25) is 5.89 Å². The van der Waals surface area contributed by atoms with Crippen LogP contribution < -0.4 is 4.72 Å². The van der Waals surface area contributed by atoms with Crippen molar-refractivity contribution in [2.45, 2.75) is 29.4 Å². The summed E-state index contributed by atoms with van der Waals surface area (Å²) in [5.41, 5.74) is 0.177. The second-order valence-electron chi connectivity index (χ2n) is 5.93. The second kappa shape index (κ2) is 6.64. The molecule has 0 spiro atoms. The molecular weight excluding hydrogens is 401 g/mol. The molecule has 0 amide bonds. The maximum Gasteiger partial charge on any atom is 0.271 e. The Labute approximate surface area is 158 Å². The third-order valence-electron chi connectivity index (χ3n) is 4.12. The van der Waals surface area contributed by atoms with Crippen molar-refractivity contribution in [3.8, 4) is 10.8 Å². The predicted molar refractivity (Wildman–Crippen MR) is 96.4 cm³/mol. The van der Waals surface area contributed by atoms with E-state index in [9.17, 15) is 12.8 Å². The molecule has 1 aliphatic rings. The monoisotopic (exact) mass is 413 g/mol. The molecule has 3 aromatic rings. The maximum atomic E-state index is 13.2. The van der Waals surface area contributed by atoms with Crippen LogP contribution in [0.4, 0.5) is 10.1 Å². The molecule has 2 aromatic heterocycles. The Morgan fingerprint density at radius 2 is 2.04 bits per heavy atom. The number of benzene rings is 1. The van der Waals surface area contributed by atoms with Crippen LogP contribution in [0.1, 0.15) is 31.1 Å². The fraction of sp³-hybridized carbons (Fsp3) is 0.250. The van der Waals surface area contributed by atoms with Gasteiger partial charge in [-0.05, 0) is 43.2 Å². The smallest absolute Gasteiger partial charge is 0.271 e. The average molecular weight is 414 g/mol. The van der Waals surface area contributed by atoms with Crippen LogP contribution in [0.3, 0.4) is 0 Å². The Morgan fingerprint density at radius 3 is 2.73 bits per heavy atom. The molecule has 0 aliphatic heterocycles. The highest BCUT2D eigenvalue weighted by molar-refractivity contribution is 7.94. The molecule has 4 rings (SSSR count). The molecule has 0 saturated heterocycles. The first-order valence-corrected chi connectivity index (χ1v) is 10.5. The number of rotatable bonds is 5. The van der Waals surface area contributed by atoms with Crippen LogP contribution in [-0.2, 0) is 10.0 Å². The highest BCUT2D eigenvalue weighted by atomic mass is 35.5. The van der Waals surface area contributed by atoms with Crippen LogP contribution in [0.5, 0.6) is 0 Å². The molecule has 1 aliphatic carbocycles. The van der Waals surface area contributed by atoms with E-state index in [1.807, 2.05) is 0 Å².